The molecular weight excluding hydrogens is 281 g/mol. The molecule has 0 atom stereocenters. The maximum Gasteiger partial charge on any atom is 0.142 e. The van der Waals surface area contributed by atoms with Gasteiger partial charge in [0.2, 0.25) is 0 Å². The fourth-order valence-corrected chi connectivity index (χ4v) is 2.39. The summed E-state index contributed by atoms with van der Waals surface area (Å²) in [5.74, 6) is 3.31. The second kappa shape index (κ2) is 7.05. The molecule has 0 unspecified atom stereocenters. The first-order valence-corrected chi connectivity index (χ1v) is 7.24. The predicted octanol–water partition coefficient (Wildman–Crippen LogP) is 4.04. The van der Waals surface area contributed by atoms with Crippen LogP contribution in [0.2, 0.25) is 10.0 Å². The number of halogens is 2. The standard InChI is InChI=1S/C15H17Cl2NO/c1-2-3-4-7-19-15-11(10-18-13-5-6-13)8-12(16)9-14(15)17/h1,8-9,13,18H,3-7,10H2. The van der Waals surface area contributed by atoms with Gasteiger partial charge in [-0.3, -0.25) is 0 Å². The second-order valence-electron chi connectivity index (χ2n) is 4.69. The van der Waals surface area contributed by atoms with E-state index in [0.29, 0.717) is 29.1 Å². The molecule has 0 heterocycles. The van der Waals surface area contributed by atoms with E-state index in [1.807, 2.05) is 6.07 Å². The quantitative estimate of drug-likeness (QED) is 0.606. The second-order valence-corrected chi connectivity index (χ2v) is 5.53. The van der Waals surface area contributed by atoms with Crippen LogP contribution >= 0.6 is 23.2 Å². The molecule has 0 aliphatic heterocycles. The topological polar surface area (TPSA) is 21.3 Å². The fraction of sp³-hybridized carbons (Fsp3) is 0.467. The van der Waals surface area contributed by atoms with Gasteiger partial charge < -0.3 is 10.1 Å². The highest BCUT2D eigenvalue weighted by atomic mass is 35.5. The Kier molecular flexibility index (Phi) is 5.39. The van der Waals surface area contributed by atoms with E-state index in [2.05, 4.69) is 11.2 Å². The highest BCUT2D eigenvalue weighted by Crippen LogP contribution is 2.33. The van der Waals surface area contributed by atoms with Crippen LogP contribution in [0.25, 0.3) is 0 Å². The van der Waals surface area contributed by atoms with E-state index in [9.17, 15) is 0 Å². The Morgan fingerprint density at radius 1 is 1.37 bits per heavy atom. The van der Waals surface area contributed by atoms with Crippen molar-refractivity contribution in [3.8, 4) is 18.1 Å². The summed E-state index contributed by atoms with van der Waals surface area (Å²) < 4.78 is 5.75. The highest BCUT2D eigenvalue weighted by Gasteiger charge is 2.21. The molecule has 19 heavy (non-hydrogen) atoms. The molecule has 0 bridgehead atoms. The number of ether oxygens (including phenoxy) is 1. The Labute approximate surface area is 124 Å². The van der Waals surface area contributed by atoms with Gasteiger partial charge in [-0.15, -0.1) is 12.3 Å². The number of hydrogen-bond acceptors (Lipinski definition) is 2. The van der Waals surface area contributed by atoms with Crippen LogP contribution in [0.3, 0.4) is 0 Å². The maximum atomic E-state index is 6.20. The van der Waals surface area contributed by atoms with Crippen LogP contribution in [0, 0.1) is 12.3 Å². The summed E-state index contributed by atoms with van der Waals surface area (Å²) >= 11 is 12.2. The lowest BCUT2D eigenvalue weighted by molar-refractivity contribution is 0.309. The van der Waals surface area contributed by atoms with Crippen LogP contribution in [-0.2, 0) is 6.54 Å². The number of unbranched alkanes of at least 4 members (excludes halogenated alkanes) is 1. The molecular formula is C15H17Cl2NO. The van der Waals surface area contributed by atoms with Gasteiger partial charge in [-0.2, -0.15) is 0 Å². The van der Waals surface area contributed by atoms with Gasteiger partial charge in [-0.25, -0.2) is 0 Å². The van der Waals surface area contributed by atoms with Gasteiger partial charge >= 0.3 is 0 Å². The van der Waals surface area contributed by atoms with Crippen LogP contribution in [0.1, 0.15) is 31.2 Å². The molecule has 1 aliphatic rings. The van der Waals surface area contributed by atoms with E-state index in [0.717, 1.165) is 24.3 Å². The van der Waals surface area contributed by atoms with Crippen molar-refractivity contribution in [2.75, 3.05) is 6.61 Å². The smallest absolute Gasteiger partial charge is 0.142 e. The molecule has 102 valence electrons. The average Bonchev–Trinajstić information content (AvgIpc) is 3.18. The summed E-state index contributed by atoms with van der Waals surface area (Å²) in [6.45, 7) is 1.30. The van der Waals surface area contributed by atoms with E-state index in [4.69, 9.17) is 34.4 Å². The molecule has 0 spiro atoms. The summed E-state index contributed by atoms with van der Waals surface area (Å²) in [5.41, 5.74) is 1.00. The molecule has 1 saturated carbocycles. The lowest BCUT2D eigenvalue weighted by Crippen LogP contribution is -2.16. The van der Waals surface area contributed by atoms with E-state index in [1.54, 1.807) is 6.07 Å². The summed E-state index contributed by atoms with van der Waals surface area (Å²) in [4.78, 5) is 0. The first-order chi connectivity index (χ1) is 9.20. The molecule has 0 aromatic heterocycles. The van der Waals surface area contributed by atoms with Crippen molar-refractivity contribution in [3.05, 3.63) is 27.7 Å². The molecule has 0 amide bonds. The van der Waals surface area contributed by atoms with E-state index in [-0.39, 0.29) is 0 Å². The van der Waals surface area contributed by atoms with Gasteiger partial charge in [0.25, 0.3) is 0 Å². The zero-order chi connectivity index (χ0) is 13.7. The number of benzene rings is 1. The molecule has 1 fully saturated rings. The monoisotopic (exact) mass is 297 g/mol. The molecule has 0 radical (unpaired) electrons. The Balaban J connectivity index is 2.02. The molecule has 4 heteroatoms. The fourth-order valence-electron chi connectivity index (χ4n) is 1.80. The van der Waals surface area contributed by atoms with Gasteiger partial charge in [0.15, 0.2) is 0 Å². The Morgan fingerprint density at radius 3 is 2.84 bits per heavy atom. The van der Waals surface area contributed by atoms with Crippen LogP contribution in [0.4, 0.5) is 0 Å². The molecule has 1 N–H and O–H groups in total. The average molecular weight is 298 g/mol. The highest BCUT2D eigenvalue weighted by molar-refractivity contribution is 6.35. The Bertz CT molecular complexity index is 478. The van der Waals surface area contributed by atoms with Crippen molar-refractivity contribution < 1.29 is 4.74 Å². The summed E-state index contributed by atoms with van der Waals surface area (Å²) in [7, 11) is 0. The van der Waals surface area contributed by atoms with Gasteiger partial charge in [0.1, 0.15) is 5.75 Å². The molecule has 1 aromatic carbocycles. The van der Waals surface area contributed by atoms with E-state index in [1.165, 1.54) is 12.8 Å². The summed E-state index contributed by atoms with van der Waals surface area (Å²) in [6, 6.07) is 4.24. The van der Waals surface area contributed by atoms with Crippen LogP contribution < -0.4 is 10.1 Å². The van der Waals surface area contributed by atoms with Crippen LogP contribution in [0.5, 0.6) is 5.75 Å². The van der Waals surface area contributed by atoms with E-state index >= 15 is 0 Å². The van der Waals surface area contributed by atoms with Crippen molar-refractivity contribution in [1.29, 1.82) is 0 Å². The van der Waals surface area contributed by atoms with E-state index < -0.39 is 0 Å². The zero-order valence-corrected chi connectivity index (χ0v) is 12.2. The Morgan fingerprint density at radius 2 is 2.16 bits per heavy atom. The van der Waals surface area contributed by atoms with Gasteiger partial charge in [-0.1, -0.05) is 23.2 Å². The molecule has 2 rings (SSSR count). The first kappa shape index (κ1) is 14.5. The van der Waals surface area contributed by atoms with Crippen molar-refractivity contribution in [2.45, 2.75) is 38.3 Å². The lowest BCUT2D eigenvalue weighted by atomic mass is 10.2. The van der Waals surface area contributed by atoms with Crippen molar-refractivity contribution in [1.82, 2.24) is 5.32 Å². The SMILES string of the molecule is C#CCCCOc1c(Cl)cc(Cl)cc1CNC1CC1. The zero-order valence-electron chi connectivity index (χ0n) is 10.7. The lowest BCUT2D eigenvalue weighted by Gasteiger charge is -2.14. The third-order valence-electron chi connectivity index (χ3n) is 2.96. The number of terminal acetylenes is 1. The summed E-state index contributed by atoms with van der Waals surface area (Å²) in [6.07, 6.45) is 9.24. The minimum atomic E-state index is 0.556. The number of nitrogens with one attached hydrogen (secondary N) is 1. The Hall–Kier alpha value is -0.880. The normalized spacial score (nSPS) is 14.2. The largest absolute Gasteiger partial charge is 0.492 e. The van der Waals surface area contributed by atoms with Crippen LogP contribution in [0.15, 0.2) is 12.1 Å². The molecule has 0 saturated heterocycles. The van der Waals surface area contributed by atoms with Crippen LogP contribution in [-0.4, -0.2) is 12.6 Å². The molecule has 1 aromatic rings. The van der Waals surface area contributed by atoms with Crippen molar-refractivity contribution in [2.24, 2.45) is 0 Å². The summed E-state index contributed by atoms with van der Waals surface area (Å²) in [5, 5.41) is 4.63. The number of hydrogen-bond donors (Lipinski definition) is 1. The van der Waals surface area contributed by atoms with Gasteiger partial charge in [0, 0.05) is 29.6 Å². The minimum absolute atomic E-state index is 0.556. The maximum absolute atomic E-state index is 6.20. The molecule has 1 aliphatic carbocycles. The number of rotatable bonds is 7. The third-order valence-corrected chi connectivity index (χ3v) is 3.45. The van der Waals surface area contributed by atoms with Crippen molar-refractivity contribution in [3.63, 3.8) is 0 Å². The third kappa shape index (κ3) is 4.62. The van der Waals surface area contributed by atoms with Crippen molar-refractivity contribution >= 4 is 23.2 Å². The molecule has 2 nitrogen and oxygen atoms in total. The first-order valence-electron chi connectivity index (χ1n) is 6.48. The van der Waals surface area contributed by atoms with Gasteiger partial charge in [-0.05, 0) is 31.4 Å². The predicted molar refractivity (Wildman–Crippen MR) is 79.9 cm³/mol. The van der Waals surface area contributed by atoms with Gasteiger partial charge in [0.05, 0.1) is 11.6 Å². The minimum Gasteiger partial charge on any atom is -0.492 e.